The Morgan fingerprint density at radius 3 is 2.82 bits per heavy atom. The molecule has 0 saturated heterocycles. The Kier molecular flexibility index (Phi) is 6.36. The molecule has 0 spiro atoms. The summed E-state index contributed by atoms with van der Waals surface area (Å²) in [4.78, 5) is 0. The summed E-state index contributed by atoms with van der Waals surface area (Å²) in [6, 6.07) is 6.14. The molecule has 0 unspecified atom stereocenters. The Morgan fingerprint density at radius 2 is 2.09 bits per heavy atom. The lowest BCUT2D eigenvalue weighted by Gasteiger charge is -2.11. The van der Waals surface area contributed by atoms with E-state index in [4.69, 9.17) is 9.47 Å². The summed E-state index contributed by atoms with van der Waals surface area (Å²) >= 11 is 0. The van der Waals surface area contributed by atoms with Gasteiger partial charge in [0.15, 0.2) is 0 Å². The quantitative estimate of drug-likeness (QED) is 0.769. The molecule has 1 heterocycles. The van der Waals surface area contributed by atoms with Crippen molar-refractivity contribution in [3.8, 4) is 5.75 Å². The molecule has 1 N–H and O–H groups in total. The third-order valence-electron chi connectivity index (χ3n) is 3.42. The molecule has 6 nitrogen and oxygen atoms in total. The number of methoxy groups -OCH3 is 2. The molecule has 1 aromatic heterocycles. The van der Waals surface area contributed by atoms with Crippen LogP contribution in [0.4, 0.5) is 0 Å². The highest BCUT2D eigenvalue weighted by molar-refractivity contribution is 5.36. The minimum Gasteiger partial charge on any atom is -0.496 e. The predicted octanol–water partition coefficient (Wildman–Crippen LogP) is 2.13. The molecule has 0 fully saturated rings. The fourth-order valence-electron chi connectivity index (χ4n) is 2.37. The van der Waals surface area contributed by atoms with Crippen LogP contribution in [0, 0.1) is 0 Å². The van der Waals surface area contributed by atoms with E-state index in [1.165, 1.54) is 5.56 Å². The Balaban J connectivity index is 1.93. The maximum Gasteiger partial charge on any atom is 0.146 e. The van der Waals surface area contributed by atoms with Crippen LogP contribution in [0.2, 0.25) is 0 Å². The van der Waals surface area contributed by atoms with Crippen molar-refractivity contribution in [3.63, 3.8) is 0 Å². The number of rotatable bonds is 9. The number of aromatic nitrogens is 3. The summed E-state index contributed by atoms with van der Waals surface area (Å²) in [5.74, 6) is 1.82. The Morgan fingerprint density at radius 1 is 1.23 bits per heavy atom. The van der Waals surface area contributed by atoms with Crippen LogP contribution in [-0.4, -0.2) is 29.0 Å². The average Bonchev–Trinajstić information content (AvgIpc) is 2.96. The van der Waals surface area contributed by atoms with Gasteiger partial charge >= 0.3 is 0 Å². The number of benzene rings is 1. The SMILES string of the molecule is CCCn1cnnc1CNCc1ccc(OC)c(COC)c1. The van der Waals surface area contributed by atoms with Crippen LogP contribution in [0.5, 0.6) is 5.75 Å². The number of nitrogens with zero attached hydrogens (tertiary/aromatic N) is 3. The lowest BCUT2D eigenvalue weighted by atomic mass is 10.1. The normalized spacial score (nSPS) is 10.9. The van der Waals surface area contributed by atoms with Crippen LogP contribution >= 0.6 is 0 Å². The van der Waals surface area contributed by atoms with Crippen molar-refractivity contribution in [1.29, 1.82) is 0 Å². The van der Waals surface area contributed by atoms with E-state index in [-0.39, 0.29) is 0 Å². The minimum absolute atomic E-state index is 0.543. The predicted molar refractivity (Wildman–Crippen MR) is 84.6 cm³/mol. The lowest BCUT2D eigenvalue weighted by molar-refractivity contribution is 0.181. The van der Waals surface area contributed by atoms with E-state index in [0.29, 0.717) is 13.2 Å². The lowest BCUT2D eigenvalue weighted by Crippen LogP contribution is -2.17. The highest BCUT2D eigenvalue weighted by Crippen LogP contribution is 2.20. The summed E-state index contributed by atoms with van der Waals surface area (Å²) in [5.41, 5.74) is 2.24. The van der Waals surface area contributed by atoms with E-state index in [1.54, 1.807) is 20.5 Å². The van der Waals surface area contributed by atoms with Gasteiger partial charge in [0.2, 0.25) is 0 Å². The minimum atomic E-state index is 0.543. The first-order valence-electron chi connectivity index (χ1n) is 7.50. The summed E-state index contributed by atoms with van der Waals surface area (Å²) in [6.07, 6.45) is 2.86. The molecule has 2 aromatic rings. The van der Waals surface area contributed by atoms with E-state index >= 15 is 0 Å². The number of nitrogens with one attached hydrogen (secondary N) is 1. The molecule has 0 aliphatic rings. The van der Waals surface area contributed by atoms with Crippen LogP contribution in [0.15, 0.2) is 24.5 Å². The average molecular weight is 304 g/mol. The zero-order valence-corrected chi connectivity index (χ0v) is 13.5. The van der Waals surface area contributed by atoms with Crippen molar-refractivity contribution in [3.05, 3.63) is 41.5 Å². The highest BCUT2D eigenvalue weighted by Gasteiger charge is 2.06. The number of hydrogen-bond acceptors (Lipinski definition) is 5. The third kappa shape index (κ3) is 4.29. The molecular formula is C16H24N4O2. The fourth-order valence-corrected chi connectivity index (χ4v) is 2.37. The van der Waals surface area contributed by atoms with Gasteiger partial charge in [0.25, 0.3) is 0 Å². The monoisotopic (exact) mass is 304 g/mol. The smallest absolute Gasteiger partial charge is 0.146 e. The second kappa shape index (κ2) is 8.51. The van der Waals surface area contributed by atoms with Gasteiger partial charge < -0.3 is 19.4 Å². The van der Waals surface area contributed by atoms with E-state index in [0.717, 1.165) is 36.6 Å². The first-order valence-corrected chi connectivity index (χ1v) is 7.50. The van der Waals surface area contributed by atoms with Crippen molar-refractivity contribution in [2.75, 3.05) is 14.2 Å². The van der Waals surface area contributed by atoms with Crippen LogP contribution in [0.25, 0.3) is 0 Å². The standard InChI is InChI=1S/C16H24N4O2/c1-4-7-20-12-18-19-16(20)10-17-9-13-5-6-15(22-3)14(8-13)11-21-2/h5-6,8,12,17H,4,7,9-11H2,1-3H3. The zero-order valence-electron chi connectivity index (χ0n) is 13.5. The highest BCUT2D eigenvalue weighted by atomic mass is 16.5. The molecule has 120 valence electrons. The summed E-state index contributed by atoms with van der Waals surface area (Å²) in [6.45, 7) is 5.10. The molecule has 0 radical (unpaired) electrons. The maximum absolute atomic E-state index is 5.34. The molecule has 22 heavy (non-hydrogen) atoms. The van der Waals surface area contributed by atoms with Crippen molar-refractivity contribution in [1.82, 2.24) is 20.1 Å². The second-order valence-corrected chi connectivity index (χ2v) is 5.12. The molecule has 0 bridgehead atoms. The first-order chi connectivity index (χ1) is 10.8. The number of ether oxygens (including phenoxy) is 2. The number of aryl methyl sites for hydroxylation is 1. The fraction of sp³-hybridized carbons (Fsp3) is 0.500. The summed E-state index contributed by atoms with van der Waals surface area (Å²) in [7, 11) is 3.36. The van der Waals surface area contributed by atoms with E-state index in [1.807, 2.05) is 6.07 Å². The van der Waals surface area contributed by atoms with Gasteiger partial charge in [0, 0.05) is 25.8 Å². The van der Waals surface area contributed by atoms with E-state index < -0.39 is 0 Å². The molecule has 6 heteroatoms. The van der Waals surface area contributed by atoms with Gasteiger partial charge in [-0.2, -0.15) is 0 Å². The summed E-state index contributed by atoms with van der Waals surface area (Å²) < 4.78 is 12.6. The molecule has 0 aliphatic heterocycles. The first kappa shape index (κ1) is 16.5. The van der Waals surface area contributed by atoms with Crippen LogP contribution in [0.1, 0.15) is 30.3 Å². The van der Waals surface area contributed by atoms with Crippen molar-refractivity contribution in [2.45, 2.75) is 39.6 Å². The zero-order chi connectivity index (χ0) is 15.8. The van der Waals surface area contributed by atoms with Gasteiger partial charge in [-0.15, -0.1) is 10.2 Å². The van der Waals surface area contributed by atoms with Crippen molar-refractivity contribution < 1.29 is 9.47 Å². The van der Waals surface area contributed by atoms with Crippen molar-refractivity contribution >= 4 is 0 Å². The third-order valence-corrected chi connectivity index (χ3v) is 3.42. The molecule has 2 rings (SSSR count). The van der Waals surface area contributed by atoms with Gasteiger partial charge in [-0.3, -0.25) is 0 Å². The molecule has 0 amide bonds. The number of hydrogen-bond donors (Lipinski definition) is 1. The van der Waals surface area contributed by atoms with E-state index in [9.17, 15) is 0 Å². The molecule has 0 saturated carbocycles. The summed E-state index contributed by atoms with van der Waals surface area (Å²) in [5, 5.41) is 11.5. The van der Waals surface area contributed by atoms with Gasteiger partial charge in [0.05, 0.1) is 20.3 Å². The molecule has 0 atom stereocenters. The topological polar surface area (TPSA) is 61.2 Å². The van der Waals surface area contributed by atoms with Gasteiger partial charge in [-0.05, 0) is 24.1 Å². The van der Waals surface area contributed by atoms with Crippen molar-refractivity contribution in [2.24, 2.45) is 0 Å². The van der Waals surface area contributed by atoms with Gasteiger partial charge in [-0.1, -0.05) is 13.0 Å². The van der Waals surface area contributed by atoms with Crippen LogP contribution in [-0.2, 0) is 31.0 Å². The Labute approximate surface area is 131 Å². The molecule has 1 aromatic carbocycles. The largest absolute Gasteiger partial charge is 0.496 e. The van der Waals surface area contributed by atoms with Gasteiger partial charge in [-0.25, -0.2) is 0 Å². The maximum atomic E-state index is 5.34. The van der Waals surface area contributed by atoms with E-state index in [2.05, 4.69) is 39.1 Å². The molecule has 0 aliphatic carbocycles. The van der Waals surface area contributed by atoms with Gasteiger partial charge in [0.1, 0.15) is 17.9 Å². The Hall–Kier alpha value is -1.92. The molecular weight excluding hydrogens is 280 g/mol. The van der Waals surface area contributed by atoms with Crippen LogP contribution < -0.4 is 10.1 Å². The van der Waals surface area contributed by atoms with Crippen LogP contribution in [0.3, 0.4) is 0 Å². The second-order valence-electron chi connectivity index (χ2n) is 5.12. The Bertz CT molecular complexity index is 583.